The Morgan fingerprint density at radius 2 is 1.76 bits per heavy atom. The predicted octanol–water partition coefficient (Wildman–Crippen LogP) is 4.15. The minimum atomic E-state index is -0.916. The van der Waals surface area contributed by atoms with E-state index in [0.29, 0.717) is 17.3 Å². The van der Waals surface area contributed by atoms with Crippen LogP contribution in [0, 0.1) is 0 Å². The molecule has 1 amide bonds. The maximum Gasteiger partial charge on any atom is 0.263 e. The van der Waals surface area contributed by atoms with Crippen LogP contribution in [0.1, 0.15) is 34.6 Å². The van der Waals surface area contributed by atoms with Gasteiger partial charge in [-0.3, -0.25) is 4.79 Å². The molecular weight excluding hydrogens is 306 g/mol. The molecule has 0 unspecified atom stereocenters. The molecule has 21 heavy (non-hydrogen) atoms. The van der Waals surface area contributed by atoms with Crippen molar-refractivity contribution in [3.8, 4) is 5.75 Å². The van der Waals surface area contributed by atoms with Crippen LogP contribution in [0.5, 0.6) is 5.75 Å². The maximum atomic E-state index is 12.2. The number of amides is 1. The molecule has 0 aliphatic rings. The summed E-state index contributed by atoms with van der Waals surface area (Å²) in [6, 6.07) is 7.00. The van der Waals surface area contributed by atoms with Crippen LogP contribution in [-0.4, -0.2) is 28.6 Å². The summed E-state index contributed by atoms with van der Waals surface area (Å²) in [5, 5.41) is 3.56. The standard InChI is InChI=1S/C16H24ClNO2S/c1-15(2,3)21-11-10-18-14(19)16(4,5)20-13-8-6-12(17)7-9-13/h6-9H,10-11H2,1-5H3,(H,18,19). The third kappa shape index (κ3) is 7.09. The van der Waals surface area contributed by atoms with Crippen LogP contribution in [0.4, 0.5) is 0 Å². The van der Waals surface area contributed by atoms with Gasteiger partial charge in [0, 0.05) is 22.1 Å². The van der Waals surface area contributed by atoms with Gasteiger partial charge in [-0.05, 0) is 38.1 Å². The van der Waals surface area contributed by atoms with Crippen molar-refractivity contribution in [1.29, 1.82) is 0 Å². The fourth-order valence-electron chi connectivity index (χ4n) is 1.58. The second-order valence-electron chi connectivity index (χ2n) is 6.28. The minimum Gasteiger partial charge on any atom is -0.478 e. The van der Waals surface area contributed by atoms with E-state index in [1.54, 1.807) is 38.1 Å². The molecule has 0 bridgehead atoms. The molecule has 118 valence electrons. The normalized spacial score (nSPS) is 12.1. The summed E-state index contributed by atoms with van der Waals surface area (Å²) in [5.74, 6) is 1.39. The number of ether oxygens (including phenoxy) is 1. The van der Waals surface area contributed by atoms with Gasteiger partial charge >= 0.3 is 0 Å². The van der Waals surface area contributed by atoms with Gasteiger partial charge in [0.1, 0.15) is 5.75 Å². The molecule has 1 aromatic carbocycles. The van der Waals surface area contributed by atoms with E-state index < -0.39 is 5.60 Å². The Balaban J connectivity index is 2.45. The molecule has 0 aliphatic heterocycles. The van der Waals surface area contributed by atoms with Crippen molar-refractivity contribution >= 4 is 29.3 Å². The van der Waals surface area contributed by atoms with Crippen molar-refractivity contribution in [2.45, 2.75) is 45.0 Å². The van der Waals surface area contributed by atoms with Crippen LogP contribution in [-0.2, 0) is 4.79 Å². The van der Waals surface area contributed by atoms with Crippen LogP contribution in [0.3, 0.4) is 0 Å². The van der Waals surface area contributed by atoms with E-state index >= 15 is 0 Å². The molecule has 1 rings (SSSR count). The predicted molar refractivity (Wildman–Crippen MR) is 91.4 cm³/mol. The summed E-state index contributed by atoms with van der Waals surface area (Å²) >= 11 is 7.65. The molecular formula is C16H24ClNO2S. The Morgan fingerprint density at radius 3 is 2.29 bits per heavy atom. The molecule has 5 heteroatoms. The van der Waals surface area contributed by atoms with Gasteiger partial charge in [-0.1, -0.05) is 32.4 Å². The molecule has 1 N–H and O–H groups in total. The lowest BCUT2D eigenvalue weighted by atomic mass is 10.1. The first-order chi connectivity index (χ1) is 9.60. The van der Waals surface area contributed by atoms with Crippen molar-refractivity contribution in [2.24, 2.45) is 0 Å². The largest absolute Gasteiger partial charge is 0.478 e. The van der Waals surface area contributed by atoms with E-state index in [2.05, 4.69) is 26.1 Å². The van der Waals surface area contributed by atoms with E-state index in [1.807, 2.05) is 11.8 Å². The minimum absolute atomic E-state index is 0.119. The maximum absolute atomic E-state index is 12.2. The van der Waals surface area contributed by atoms with Crippen LogP contribution in [0.25, 0.3) is 0 Å². The highest BCUT2D eigenvalue weighted by molar-refractivity contribution is 8.00. The van der Waals surface area contributed by atoms with Gasteiger partial charge in [-0.25, -0.2) is 0 Å². The number of benzene rings is 1. The lowest BCUT2D eigenvalue weighted by Crippen LogP contribution is -2.47. The number of thioether (sulfide) groups is 1. The summed E-state index contributed by atoms with van der Waals surface area (Å²) in [6.45, 7) is 10.6. The van der Waals surface area contributed by atoms with Gasteiger partial charge < -0.3 is 10.1 Å². The van der Waals surface area contributed by atoms with Crippen molar-refractivity contribution in [3.05, 3.63) is 29.3 Å². The van der Waals surface area contributed by atoms with Gasteiger partial charge in [0.05, 0.1) is 0 Å². The summed E-state index contributed by atoms with van der Waals surface area (Å²) in [7, 11) is 0. The first-order valence-corrected chi connectivity index (χ1v) is 8.33. The molecule has 0 saturated heterocycles. The number of halogens is 1. The van der Waals surface area contributed by atoms with Gasteiger partial charge in [-0.2, -0.15) is 11.8 Å². The third-order valence-corrected chi connectivity index (χ3v) is 4.18. The Labute approximate surface area is 136 Å². The van der Waals surface area contributed by atoms with Gasteiger partial charge in [-0.15, -0.1) is 0 Å². The molecule has 0 heterocycles. The number of nitrogens with one attached hydrogen (secondary N) is 1. The van der Waals surface area contributed by atoms with E-state index in [9.17, 15) is 4.79 Å². The van der Waals surface area contributed by atoms with Crippen molar-refractivity contribution < 1.29 is 9.53 Å². The van der Waals surface area contributed by atoms with E-state index in [4.69, 9.17) is 16.3 Å². The van der Waals surface area contributed by atoms with E-state index in [0.717, 1.165) is 5.75 Å². The number of carbonyl (C=O) groups excluding carboxylic acids is 1. The number of rotatable bonds is 6. The quantitative estimate of drug-likeness (QED) is 0.797. The number of hydrogen-bond acceptors (Lipinski definition) is 3. The summed E-state index contributed by atoms with van der Waals surface area (Å²) < 4.78 is 5.95. The lowest BCUT2D eigenvalue weighted by molar-refractivity contribution is -0.134. The second kappa shape index (κ2) is 7.41. The zero-order chi connectivity index (χ0) is 16.1. The second-order valence-corrected chi connectivity index (χ2v) is 8.64. The molecule has 3 nitrogen and oxygen atoms in total. The average Bonchev–Trinajstić information content (AvgIpc) is 2.35. The molecule has 0 spiro atoms. The zero-order valence-corrected chi connectivity index (χ0v) is 14.9. The third-order valence-electron chi connectivity index (χ3n) is 2.66. The van der Waals surface area contributed by atoms with Crippen LogP contribution < -0.4 is 10.1 Å². The highest BCUT2D eigenvalue weighted by atomic mass is 35.5. The molecule has 0 aliphatic carbocycles. The molecule has 0 aromatic heterocycles. The number of carbonyl (C=O) groups is 1. The van der Waals surface area contributed by atoms with Gasteiger partial charge in [0.2, 0.25) is 0 Å². The van der Waals surface area contributed by atoms with Gasteiger partial charge in [0.15, 0.2) is 5.60 Å². The fourth-order valence-corrected chi connectivity index (χ4v) is 2.52. The number of hydrogen-bond donors (Lipinski definition) is 1. The summed E-state index contributed by atoms with van der Waals surface area (Å²) in [5.41, 5.74) is -0.916. The highest BCUT2D eigenvalue weighted by Gasteiger charge is 2.29. The van der Waals surface area contributed by atoms with Crippen LogP contribution >= 0.6 is 23.4 Å². The summed E-state index contributed by atoms with van der Waals surface area (Å²) in [6.07, 6.45) is 0. The van der Waals surface area contributed by atoms with E-state index in [1.165, 1.54) is 0 Å². The van der Waals surface area contributed by atoms with Crippen LogP contribution in [0.15, 0.2) is 24.3 Å². The zero-order valence-electron chi connectivity index (χ0n) is 13.3. The van der Waals surface area contributed by atoms with Crippen molar-refractivity contribution in [1.82, 2.24) is 5.32 Å². The first-order valence-electron chi connectivity index (χ1n) is 6.97. The Morgan fingerprint density at radius 1 is 1.19 bits per heavy atom. The Kier molecular flexibility index (Phi) is 6.41. The highest BCUT2D eigenvalue weighted by Crippen LogP contribution is 2.23. The molecule has 0 saturated carbocycles. The smallest absolute Gasteiger partial charge is 0.263 e. The van der Waals surface area contributed by atoms with Crippen molar-refractivity contribution in [3.63, 3.8) is 0 Å². The average molecular weight is 330 g/mol. The molecule has 0 radical (unpaired) electrons. The fraction of sp³-hybridized carbons (Fsp3) is 0.562. The Hall–Kier alpha value is -0.870. The SMILES string of the molecule is CC(C)(C)SCCNC(=O)C(C)(C)Oc1ccc(Cl)cc1. The molecule has 1 aromatic rings. The van der Waals surface area contributed by atoms with Crippen molar-refractivity contribution in [2.75, 3.05) is 12.3 Å². The molecule has 0 atom stereocenters. The lowest BCUT2D eigenvalue weighted by Gasteiger charge is -2.25. The topological polar surface area (TPSA) is 38.3 Å². The summed E-state index contributed by atoms with van der Waals surface area (Å²) in [4.78, 5) is 12.2. The molecule has 0 fully saturated rings. The van der Waals surface area contributed by atoms with Gasteiger partial charge in [0.25, 0.3) is 5.91 Å². The monoisotopic (exact) mass is 329 g/mol. The first kappa shape index (κ1) is 18.2. The van der Waals surface area contributed by atoms with Crippen LogP contribution in [0.2, 0.25) is 5.02 Å². The van der Waals surface area contributed by atoms with E-state index in [-0.39, 0.29) is 10.7 Å². The Bertz CT molecular complexity index is 466.